The van der Waals surface area contributed by atoms with Crippen LogP contribution in [0, 0.1) is 13.8 Å². The summed E-state index contributed by atoms with van der Waals surface area (Å²) in [4.78, 5) is 0. The summed E-state index contributed by atoms with van der Waals surface area (Å²) in [6.45, 7) is 7.57. The fraction of sp³-hybridized carbons (Fsp3) is 0.471. The topological polar surface area (TPSA) is 29.9 Å². The fourth-order valence-electron chi connectivity index (χ4n) is 2.39. The molecule has 1 aromatic heterocycles. The van der Waals surface area contributed by atoms with Crippen molar-refractivity contribution in [1.29, 1.82) is 0 Å². The van der Waals surface area contributed by atoms with E-state index in [1.165, 1.54) is 16.7 Å². The largest absolute Gasteiger partial charge is 0.310 e. The monoisotopic (exact) mass is 271 g/mol. The number of aromatic nitrogens is 2. The van der Waals surface area contributed by atoms with Crippen molar-refractivity contribution in [3.63, 3.8) is 0 Å². The number of hydrogen-bond acceptors (Lipinski definition) is 2. The molecule has 0 spiro atoms. The minimum absolute atomic E-state index is 0.337. The molecule has 0 radical (unpaired) electrons. The second-order valence-corrected chi connectivity index (χ2v) is 5.54. The predicted octanol–water partition coefficient (Wildman–Crippen LogP) is 3.32. The van der Waals surface area contributed by atoms with Crippen molar-refractivity contribution in [3.8, 4) is 0 Å². The number of hydrogen-bond donors (Lipinski definition) is 1. The molecule has 1 atom stereocenters. The average molecular weight is 271 g/mol. The van der Waals surface area contributed by atoms with Crippen LogP contribution in [0.5, 0.6) is 0 Å². The lowest BCUT2D eigenvalue weighted by atomic mass is 9.98. The number of aryl methyl sites for hydroxylation is 3. The lowest BCUT2D eigenvalue weighted by molar-refractivity contribution is 0.521. The summed E-state index contributed by atoms with van der Waals surface area (Å²) in [6, 6.07) is 9.18. The van der Waals surface area contributed by atoms with E-state index in [0.29, 0.717) is 6.04 Å². The van der Waals surface area contributed by atoms with Crippen molar-refractivity contribution in [3.05, 3.63) is 52.8 Å². The summed E-state index contributed by atoms with van der Waals surface area (Å²) >= 11 is 0. The van der Waals surface area contributed by atoms with Crippen LogP contribution in [0.15, 0.2) is 30.5 Å². The molecular formula is C17H25N3. The minimum atomic E-state index is 0.337. The summed E-state index contributed by atoms with van der Waals surface area (Å²) in [5.41, 5.74) is 5.19. The fourth-order valence-corrected chi connectivity index (χ4v) is 2.39. The molecule has 1 heterocycles. The maximum atomic E-state index is 4.50. The molecule has 0 saturated heterocycles. The Hall–Kier alpha value is -1.61. The van der Waals surface area contributed by atoms with Crippen molar-refractivity contribution in [2.75, 3.05) is 6.54 Å². The zero-order valence-corrected chi connectivity index (χ0v) is 13.0. The standard InChI is InChI=1S/C17H25N3/c1-5-9-18-17(12-16-8-10-20(4)19-16)15-7-6-13(2)14(3)11-15/h6-8,10-11,17-18H,5,9,12H2,1-4H3. The smallest absolute Gasteiger partial charge is 0.0643 e. The van der Waals surface area contributed by atoms with Gasteiger partial charge in [0.1, 0.15) is 0 Å². The number of nitrogens with zero attached hydrogens (tertiary/aromatic N) is 2. The van der Waals surface area contributed by atoms with E-state index < -0.39 is 0 Å². The predicted molar refractivity (Wildman–Crippen MR) is 83.9 cm³/mol. The van der Waals surface area contributed by atoms with Crippen LogP contribution >= 0.6 is 0 Å². The number of rotatable bonds is 6. The van der Waals surface area contributed by atoms with E-state index >= 15 is 0 Å². The first kappa shape index (κ1) is 14.8. The van der Waals surface area contributed by atoms with Gasteiger partial charge >= 0.3 is 0 Å². The Morgan fingerprint density at radius 2 is 2.00 bits per heavy atom. The van der Waals surface area contributed by atoms with Gasteiger partial charge in [0.25, 0.3) is 0 Å². The molecule has 1 N–H and O–H groups in total. The van der Waals surface area contributed by atoms with Crippen molar-refractivity contribution < 1.29 is 0 Å². The van der Waals surface area contributed by atoms with Crippen LogP contribution < -0.4 is 5.32 Å². The minimum Gasteiger partial charge on any atom is -0.310 e. The van der Waals surface area contributed by atoms with Gasteiger partial charge in [0.05, 0.1) is 5.69 Å². The summed E-state index contributed by atoms with van der Waals surface area (Å²) in [6.07, 6.45) is 4.08. The first-order chi connectivity index (χ1) is 9.60. The Morgan fingerprint density at radius 3 is 2.60 bits per heavy atom. The van der Waals surface area contributed by atoms with E-state index in [2.05, 4.69) is 55.5 Å². The molecule has 0 aliphatic heterocycles. The number of nitrogens with one attached hydrogen (secondary N) is 1. The normalized spacial score (nSPS) is 12.6. The van der Waals surface area contributed by atoms with Gasteiger partial charge in [-0.2, -0.15) is 5.10 Å². The third-order valence-corrected chi connectivity index (χ3v) is 3.76. The van der Waals surface area contributed by atoms with Gasteiger partial charge in [0.2, 0.25) is 0 Å². The highest BCUT2D eigenvalue weighted by Crippen LogP contribution is 2.20. The highest BCUT2D eigenvalue weighted by Gasteiger charge is 2.13. The van der Waals surface area contributed by atoms with Gasteiger partial charge in [-0.1, -0.05) is 25.1 Å². The van der Waals surface area contributed by atoms with Gasteiger partial charge in [-0.25, -0.2) is 0 Å². The van der Waals surface area contributed by atoms with E-state index in [1.54, 1.807) is 0 Å². The van der Waals surface area contributed by atoms with Gasteiger partial charge in [0, 0.05) is 25.7 Å². The van der Waals surface area contributed by atoms with Gasteiger partial charge in [-0.15, -0.1) is 0 Å². The van der Waals surface area contributed by atoms with Crippen LogP contribution in [0.25, 0.3) is 0 Å². The quantitative estimate of drug-likeness (QED) is 0.873. The molecule has 0 fully saturated rings. The summed E-state index contributed by atoms with van der Waals surface area (Å²) in [5.74, 6) is 0. The summed E-state index contributed by atoms with van der Waals surface area (Å²) in [7, 11) is 1.97. The molecular weight excluding hydrogens is 246 g/mol. The van der Waals surface area contributed by atoms with Gasteiger partial charge in [-0.05, 0) is 49.6 Å². The van der Waals surface area contributed by atoms with Crippen LogP contribution in [-0.4, -0.2) is 16.3 Å². The third kappa shape index (κ3) is 3.70. The van der Waals surface area contributed by atoms with E-state index in [1.807, 2.05) is 17.9 Å². The molecule has 1 unspecified atom stereocenters. The molecule has 0 aliphatic rings. The highest BCUT2D eigenvalue weighted by molar-refractivity contribution is 5.32. The number of benzene rings is 1. The summed E-state index contributed by atoms with van der Waals surface area (Å²) in [5, 5.41) is 8.14. The zero-order valence-electron chi connectivity index (χ0n) is 13.0. The molecule has 0 saturated carbocycles. The van der Waals surface area contributed by atoms with Crippen molar-refractivity contribution in [2.45, 2.75) is 39.7 Å². The molecule has 3 nitrogen and oxygen atoms in total. The second-order valence-electron chi connectivity index (χ2n) is 5.54. The maximum absolute atomic E-state index is 4.50. The zero-order chi connectivity index (χ0) is 14.5. The van der Waals surface area contributed by atoms with E-state index in [0.717, 1.165) is 25.1 Å². The van der Waals surface area contributed by atoms with Crippen LogP contribution in [0.3, 0.4) is 0 Å². The van der Waals surface area contributed by atoms with E-state index in [-0.39, 0.29) is 0 Å². The lowest BCUT2D eigenvalue weighted by Crippen LogP contribution is -2.24. The van der Waals surface area contributed by atoms with Gasteiger partial charge in [0.15, 0.2) is 0 Å². The molecule has 2 rings (SSSR count). The molecule has 3 heteroatoms. The van der Waals surface area contributed by atoms with Crippen LogP contribution in [-0.2, 0) is 13.5 Å². The Balaban J connectivity index is 2.19. The molecule has 0 aliphatic carbocycles. The van der Waals surface area contributed by atoms with Crippen molar-refractivity contribution >= 4 is 0 Å². The van der Waals surface area contributed by atoms with Gasteiger partial charge in [-0.3, -0.25) is 4.68 Å². The Kier molecular flexibility index (Phi) is 4.96. The summed E-state index contributed by atoms with van der Waals surface area (Å²) < 4.78 is 1.87. The first-order valence-corrected chi connectivity index (χ1v) is 7.39. The van der Waals surface area contributed by atoms with E-state index in [4.69, 9.17) is 0 Å². The average Bonchev–Trinajstić information content (AvgIpc) is 2.83. The molecule has 0 bridgehead atoms. The van der Waals surface area contributed by atoms with Crippen LogP contribution in [0.1, 0.15) is 41.8 Å². The Labute approximate surface area is 122 Å². The van der Waals surface area contributed by atoms with Crippen LogP contribution in [0.4, 0.5) is 0 Å². The van der Waals surface area contributed by atoms with Crippen molar-refractivity contribution in [1.82, 2.24) is 15.1 Å². The SMILES string of the molecule is CCCNC(Cc1ccn(C)n1)c1ccc(C)c(C)c1. The maximum Gasteiger partial charge on any atom is 0.0643 e. The highest BCUT2D eigenvalue weighted by atomic mass is 15.2. The van der Waals surface area contributed by atoms with Gasteiger partial charge < -0.3 is 5.32 Å². The first-order valence-electron chi connectivity index (χ1n) is 7.39. The second kappa shape index (κ2) is 6.71. The van der Waals surface area contributed by atoms with Crippen LogP contribution in [0.2, 0.25) is 0 Å². The Bertz CT molecular complexity index is 557. The molecule has 108 valence electrons. The van der Waals surface area contributed by atoms with E-state index in [9.17, 15) is 0 Å². The Morgan fingerprint density at radius 1 is 1.20 bits per heavy atom. The van der Waals surface area contributed by atoms with Crippen molar-refractivity contribution in [2.24, 2.45) is 7.05 Å². The third-order valence-electron chi connectivity index (χ3n) is 3.76. The molecule has 1 aromatic carbocycles. The lowest BCUT2D eigenvalue weighted by Gasteiger charge is -2.19. The molecule has 2 aromatic rings. The molecule has 0 amide bonds. The molecule has 20 heavy (non-hydrogen) atoms.